The van der Waals surface area contributed by atoms with Gasteiger partial charge in [-0.15, -0.1) is 22.7 Å². The van der Waals surface area contributed by atoms with Crippen LogP contribution in [-0.4, -0.2) is 11.8 Å². The van der Waals surface area contributed by atoms with Crippen LogP contribution < -0.4 is 10.6 Å². The van der Waals surface area contributed by atoms with Crippen LogP contribution in [0.4, 0.5) is 11.4 Å². The third-order valence-corrected chi connectivity index (χ3v) is 4.97. The van der Waals surface area contributed by atoms with Crippen LogP contribution in [0, 0.1) is 6.92 Å². The monoisotopic (exact) mass is 342 g/mol. The average molecular weight is 342 g/mol. The lowest BCUT2D eigenvalue weighted by Crippen LogP contribution is -2.13. The molecule has 2 N–H and O–H groups in total. The lowest BCUT2D eigenvalue weighted by molar-refractivity contribution is 0.102. The summed E-state index contributed by atoms with van der Waals surface area (Å²) in [5.41, 5.74) is 2.27. The third kappa shape index (κ3) is 3.67. The van der Waals surface area contributed by atoms with Crippen molar-refractivity contribution in [1.29, 1.82) is 0 Å². The van der Waals surface area contributed by atoms with Gasteiger partial charge in [-0.25, -0.2) is 0 Å². The Labute approximate surface area is 141 Å². The molecule has 6 heteroatoms. The van der Waals surface area contributed by atoms with Gasteiger partial charge in [-0.1, -0.05) is 18.2 Å². The molecule has 0 aliphatic carbocycles. The fraction of sp³-hybridized carbons (Fsp3) is 0.0588. The van der Waals surface area contributed by atoms with E-state index in [4.69, 9.17) is 0 Å². The van der Waals surface area contributed by atoms with Gasteiger partial charge in [0, 0.05) is 11.4 Å². The molecule has 0 aliphatic heterocycles. The Hall–Kier alpha value is -2.44. The quantitative estimate of drug-likeness (QED) is 0.727. The Morgan fingerprint density at radius 3 is 2.04 bits per heavy atom. The zero-order valence-electron chi connectivity index (χ0n) is 12.3. The summed E-state index contributed by atoms with van der Waals surface area (Å²) in [5.74, 6) is -0.302. The van der Waals surface area contributed by atoms with Gasteiger partial charge in [0.05, 0.1) is 9.75 Å². The van der Waals surface area contributed by atoms with Crippen molar-refractivity contribution in [2.45, 2.75) is 6.92 Å². The molecule has 0 spiro atoms. The zero-order chi connectivity index (χ0) is 16.2. The molecule has 0 saturated carbocycles. The second kappa shape index (κ2) is 6.76. The highest BCUT2D eigenvalue weighted by molar-refractivity contribution is 7.12. The molecule has 2 heterocycles. The van der Waals surface area contributed by atoms with Crippen LogP contribution in [-0.2, 0) is 0 Å². The minimum absolute atomic E-state index is 0.148. The van der Waals surface area contributed by atoms with Crippen molar-refractivity contribution in [3.63, 3.8) is 0 Å². The van der Waals surface area contributed by atoms with Gasteiger partial charge in [0.2, 0.25) is 0 Å². The smallest absolute Gasteiger partial charge is 0.265 e. The second-order valence-corrected chi connectivity index (χ2v) is 6.79. The molecule has 0 bridgehead atoms. The zero-order valence-corrected chi connectivity index (χ0v) is 14.0. The highest BCUT2D eigenvalue weighted by atomic mass is 32.1. The third-order valence-electron chi connectivity index (χ3n) is 3.23. The van der Waals surface area contributed by atoms with Crippen LogP contribution in [0.5, 0.6) is 0 Å². The van der Waals surface area contributed by atoms with Crippen molar-refractivity contribution in [3.05, 3.63) is 68.5 Å². The predicted molar refractivity (Wildman–Crippen MR) is 95.7 cm³/mol. The van der Waals surface area contributed by atoms with Crippen LogP contribution in [0.15, 0.2) is 53.2 Å². The second-order valence-electron chi connectivity index (χ2n) is 4.89. The van der Waals surface area contributed by atoms with E-state index in [0.29, 0.717) is 21.1 Å². The van der Waals surface area contributed by atoms with Crippen molar-refractivity contribution in [3.8, 4) is 0 Å². The molecule has 3 aromatic rings. The predicted octanol–water partition coefficient (Wildman–Crippen LogP) is 4.62. The van der Waals surface area contributed by atoms with Crippen LogP contribution >= 0.6 is 22.7 Å². The Morgan fingerprint density at radius 1 is 0.870 bits per heavy atom. The van der Waals surface area contributed by atoms with E-state index < -0.39 is 0 Å². The minimum atomic E-state index is -0.153. The Kier molecular flexibility index (Phi) is 4.55. The van der Waals surface area contributed by atoms with Crippen LogP contribution in [0.25, 0.3) is 0 Å². The van der Waals surface area contributed by atoms with Gasteiger partial charge >= 0.3 is 0 Å². The summed E-state index contributed by atoms with van der Waals surface area (Å²) in [6.07, 6.45) is 0. The number of aryl methyl sites for hydroxylation is 1. The minimum Gasteiger partial charge on any atom is -0.321 e. The molecular weight excluding hydrogens is 328 g/mol. The maximum Gasteiger partial charge on any atom is 0.265 e. The fourth-order valence-electron chi connectivity index (χ4n) is 2.03. The first-order valence-corrected chi connectivity index (χ1v) is 8.70. The van der Waals surface area contributed by atoms with E-state index in [2.05, 4.69) is 10.6 Å². The first-order chi connectivity index (χ1) is 11.1. The topological polar surface area (TPSA) is 58.2 Å². The van der Waals surface area contributed by atoms with E-state index in [1.807, 2.05) is 41.9 Å². The first kappa shape index (κ1) is 15.5. The normalized spacial score (nSPS) is 10.3. The standard InChI is InChI=1S/C17H14N2O2S2/c1-11-6-7-12(18-16(20)14-4-2-8-22-14)10-13(11)19-17(21)15-5-3-9-23-15/h2-10H,1H3,(H,18,20)(H,19,21). The largest absolute Gasteiger partial charge is 0.321 e. The Morgan fingerprint density at radius 2 is 1.48 bits per heavy atom. The number of anilines is 2. The molecule has 3 rings (SSSR count). The van der Waals surface area contributed by atoms with E-state index in [1.165, 1.54) is 22.7 Å². The van der Waals surface area contributed by atoms with E-state index >= 15 is 0 Å². The van der Waals surface area contributed by atoms with Gasteiger partial charge in [0.15, 0.2) is 0 Å². The van der Waals surface area contributed by atoms with Crippen molar-refractivity contribution in [2.24, 2.45) is 0 Å². The highest BCUT2D eigenvalue weighted by Crippen LogP contribution is 2.23. The van der Waals surface area contributed by atoms with Gasteiger partial charge in [0.25, 0.3) is 11.8 Å². The van der Waals surface area contributed by atoms with Gasteiger partial charge in [-0.2, -0.15) is 0 Å². The molecule has 0 radical (unpaired) electrons. The average Bonchev–Trinajstić information content (AvgIpc) is 3.23. The summed E-state index contributed by atoms with van der Waals surface area (Å²) in [5, 5.41) is 9.44. The number of nitrogens with one attached hydrogen (secondary N) is 2. The maximum atomic E-state index is 12.2. The molecule has 2 aromatic heterocycles. The van der Waals surface area contributed by atoms with Gasteiger partial charge in [-0.3, -0.25) is 9.59 Å². The van der Waals surface area contributed by atoms with Crippen LogP contribution in [0.3, 0.4) is 0 Å². The number of carbonyl (C=O) groups excluding carboxylic acids is 2. The van der Waals surface area contributed by atoms with Crippen LogP contribution in [0.2, 0.25) is 0 Å². The van der Waals surface area contributed by atoms with E-state index in [0.717, 1.165) is 5.56 Å². The first-order valence-electron chi connectivity index (χ1n) is 6.94. The molecule has 116 valence electrons. The number of hydrogen-bond acceptors (Lipinski definition) is 4. The fourth-order valence-corrected chi connectivity index (χ4v) is 3.26. The van der Waals surface area contributed by atoms with Gasteiger partial charge in [0.1, 0.15) is 0 Å². The summed E-state index contributed by atoms with van der Waals surface area (Å²) in [6, 6.07) is 12.7. The Balaban J connectivity index is 1.76. The lowest BCUT2D eigenvalue weighted by Gasteiger charge is -2.11. The summed E-state index contributed by atoms with van der Waals surface area (Å²) < 4.78 is 0. The maximum absolute atomic E-state index is 12.2. The van der Waals surface area contributed by atoms with Crippen LogP contribution in [0.1, 0.15) is 24.9 Å². The van der Waals surface area contributed by atoms with E-state index in [1.54, 1.807) is 18.2 Å². The van der Waals surface area contributed by atoms with Crippen molar-refractivity contribution >= 4 is 45.9 Å². The van der Waals surface area contributed by atoms with Gasteiger partial charge in [-0.05, 0) is 47.5 Å². The Bertz CT molecular complexity index is 824. The number of thiophene rings is 2. The van der Waals surface area contributed by atoms with Gasteiger partial charge < -0.3 is 10.6 Å². The lowest BCUT2D eigenvalue weighted by atomic mass is 10.1. The SMILES string of the molecule is Cc1ccc(NC(=O)c2cccs2)cc1NC(=O)c1cccs1. The van der Waals surface area contributed by atoms with E-state index in [9.17, 15) is 9.59 Å². The number of rotatable bonds is 4. The number of amides is 2. The molecule has 23 heavy (non-hydrogen) atoms. The molecule has 0 atom stereocenters. The highest BCUT2D eigenvalue weighted by Gasteiger charge is 2.11. The summed E-state index contributed by atoms with van der Waals surface area (Å²) in [7, 11) is 0. The number of benzene rings is 1. The molecule has 0 saturated heterocycles. The molecular formula is C17H14N2O2S2. The molecule has 0 unspecified atom stereocenters. The van der Waals surface area contributed by atoms with Crippen molar-refractivity contribution in [1.82, 2.24) is 0 Å². The summed E-state index contributed by atoms with van der Waals surface area (Å²) in [6.45, 7) is 1.91. The number of hydrogen-bond donors (Lipinski definition) is 2. The molecule has 1 aromatic carbocycles. The molecule has 4 nitrogen and oxygen atoms in total. The number of carbonyl (C=O) groups is 2. The molecule has 0 aliphatic rings. The van der Waals surface area contributed by atoms with Crippen molar-refractivity contribution in [2.75, 3.05) is 10.6 Å². The summed E-state index contributed by atoms with van der Waals surface area (Å²) >= 11 is 2.77. The molecule has 2 amide bonds. The van der Waals surface area contributed by atoms with Crippen molar-refractivity contribution < 1.29 is 9.59 Å². The van der Waals surface area contributed by atoms with E-state index in [-0.39, 0.29) is 11.8 Å². The molecule has 0 fully saturated rings. The summed E-state index contributed by atoms with van der Waals surface area (Å²) in [4.78, 5) is 25.6.